The first-order valence-electron chi connectivity index (χ1n) is 12.4. The van der Waals surface area contributed by atoms with Crippen LogP contribution in [-0.4, -0.2) is 54.2 Å². The summed E-state index contributed by atoms with van der Waals surface area (Å²) < 4.78 is 40.5. The van der Waals surface area contributed by atoms with Crippen molar-refractivity contribution in [3.05, 3.63) is 54.4 Å². The molecule has 2 N–H and O–H groups in total. The summed E-state index contributed by atoms with van der Waals surface area (Å²) in [5, 5.41) is 9.61. The number of sulfonamides is 1. The minimum absolute atomic E-state index is 0. The smallest absolute Gasteiger partial charge is 0.262 e. The van der Waals surface area contributed by atoms with Crippen LogP contribution >= 0.6 is 12.4 Å². The van der Waals surface area contributed by atoms with E-state index in [2.05, 4.69) is 18.8 Å². The van der Waals surface area contributed by atoms with Crippen LogP contribution in [0.5, 0.6) is 5.75 Å². The second kappa shape index (κ2) is 14.6. The van der Waals surface area contributed by atoms with E-state index < -0.39 is 22.0 Å². The van der Waals surface area contributed by atoms with Gasteiger partial charge in [0.05, 0.1) is 17.6 Å². The van der Waals surface area contributed by atoms with E-state index in [9.17, 15) is 18.4 Å². The van der Waals surface area contributed by atoms with Crippen LogP contribution in [0.4, 0.5) is 0 Å². The first kappa shape index (κ1) is 31.0. The highest BCUT2D eigenvalue weighted by Crippen LogP contribution is 2.34. The van der Waals surface area contributed by atoms with E-state index in [0.29, 0.717) is 43.3 Å². The van der Waals surface area contributed by atoms with Crippen LogP contribution < -0.4 is 10.2 Å². The van der Waals surface area contributed by atoms with Gasteiger partial charge in [-0.1, -0.05) is 13.8 Å². The molecule has 37 heavy (non-hydrogen) atoms. The van der Waals surface area contributed by atoms with Crippen molar-refractivity contribution >= 4 is 28.3 Å². The van der Waals surface area contributed by atoms with Crippen LogP contribution in [0.3, 0.4) is 0 Å². The molecule has 0 bridgehead atoms. The van der Waals surface area contributed by atoms with Crippen molar-refractivity contribution in [3.63, 3.8) is 0 Å². The number of halogens is 1. The number of carbonyl (C=O) groups is 1. The summed E-state index contributed by atoms with van der Waals surface area (Å²) in [6.45, 7) is 7.12. The van der Waals surface area contributed by atoms with Gasteiger partial charge in [-0.2, -0.15) is 4.31 Å². The Bertz CT molecular complexity index is 1060. The van der Waals surface area contributed by atoms with Crippen molar-refractivity contribution in [3.8, 4) is 5.75 Å². The molecule has 0 radical (unpaired) electrons. The zero-order valence-electron chi connectivity index (χ0n) is 21.6. The van der Waals surface area contributed by atoms with Crippen LogP contribution in [0.1, 0.15) is 52.0 Å². The quantitative estimate of drug-likeness (QED) is 0.297. The summed E-state index contributed by atoms with van der Waals surface area (Å²) in [4.78, 5) is 17.1. The van der Waals surface area contributed by atoms with Crippen molar-refractivity contribution in [2.45, 2.75) is 70.0 Å². The molecule has 1 heterocycles. The molecule has 1 aliphatic rings. The number of carbonyl (C=O) groups excluding carboxylic acids is 1. The van der Waals surface area contributed by atoms with Gasteiger partial charge in [0.2, 0.25) is 10.0 Å². The molecule has 1 amide bonds. The average molecular weight is 556 g/mol. The predicted molar refractivity (Wildman–Crippen MR) is 142 cm³/mol. The van der Waals surface area contributed by atoms with Crippen LogP contribution in [0.15, 0.2) is 53.7 Å². The molecule has 9 nitrogen and oxygen atoms in total. The van der Waals surface area contributed by atoms with Gasteiger partial charge in [0.25, 0.3) is 5.91 Å². The maximum atomic E-state index is 13.9. The summed E-state index contributed by atoms with van der Waals surface area (Å²) in [5.74, 6) is -0.0484. The molecule has 2 aromatic rings. The number of hydroxylamine groups is 1. The van der Waals surface area contributed by atoms with Crippen molar-refractivity contribution in [2.75, 3.05) is 13.2 Å². The minimum atomic E-state index is -4.12. The Labute approximate surface area is 226 Å². The molecule has 0 saturated heterocycles. The van der Waals surface area contributed by atoms with Gasteiger partial charge >= 0.3 is 0 Å². The molecule has 1 fully saturated rings. The number of nitrogens with one attached hydrogen (secondary N) is 1. The average Bonchev–Trinajstić information content (AvgIpc) is 2.88. The highest BCUT2D eigenvalue weighted by atomic mass is 35.5. The van der Waals surface area contributed by atoms with E-state index in [0.717, 1.165) is 12.8 Å². The van der Waals surface area contributed by atoms with Gasteiger partial charge in [0, 0.05) is 25.5 Å². The number of aromatic nitrogens is 1. The lowest BCUT2D eigenvalue weighted by Crippen LogP contribution is -2.53. The molecule has 206 valence electrons. The molecular weight excluding hydrogens is 518 g/mol. The van der Waals surface area contributed by atoms with Crippen molar-refractivity contribution in [1.29, 1.82) is 0 Å². The van der Waals surface area contributed by atoms with Crippen molar-refractivity contribution in [2.24, 2.45) is 11.8 Å². The second-order valence-electron chi connectivity index (χ2n) is 9.50. The first-order chi connectivity index (χ1) is 17.3. The molecule has 0 spiro atoms. The molecule has 1 atom stereocenters. The molecular formula is C26H38ClN3O6S. The van der Waals surface area contributed by atoms with E-state index >= 15 is 0 Å². The third-order valence-electron chi connectivity index (χ3n) is 6.35. The van der Waals surface area contributed by atoms with Crippen molar-refractivity contribution in [1.82, 2.24) is 14.8 Å². The lowest BCUT2D eigenvalue weighted by atomic mass is 9.82. The van der Waals surface area contributed by atoms with Crippen LogP contribution in [0.25, 0.3) is 0 Å². The largest absolute Gasteiger partial charge is 0.494 e. The predicted octanol–water partition coefficient (Wildman–Crippen LogP) is 4.20. The Morgan fingerprint density at radius 1 is 1.11 bits per heavy atom. The van der Waals surface area contributed by atoms with Gasteiger partial charge in [-0.15, -0.1) is 12.4 Å². The Morgan fingerprint density at radius 3 is 2.27 bits per heavy atom. The fraction of sp³-hybridized carbons (Fsp3) is 0.538. The summed E-state index contributed by atoms with van der Waals surface area (Å²) in [6, 6.07) is 8.48. The summed E-state index contributed by atoms with van der Waals surface area (Å²) >= 11 is 0. The first-order valence-corrected chi connectivity index (χ1v) is 13.9. The van der Waals surface area contributed by atoms with Crippen LogP contribution in [-0.2, 0) is 26.1 Å². The molecule has 1 aromatic carbocycles. The number of pyridine rings is 1. The topological polar surface area (TPSA) is 118 Å². The Morgan fingerprint density at radius 2 is 1.73 bits per heavy atom. The standard InChI is InChI=1S/C26H37N3O6S.ClH/c1-4-34-22-9-11-24(12-10-22)36(32,33)29(17-20-13-15-27-16-14-20)25(26(30)28-31)21-5-7-23(8-6-21)35-18-19(2)3;/h9-16,19,21,23,25,31H,4-8,17-18H2,1-3H3,(H,28,30);1H/t21-,23-,25-;/m1./s1. The molecule has 0 unspecified atom stereocenters. The fourth-order valence-electron chi connectivity index (χ4n) is 4.56. The summed E-state index contributed by atoms with van der Waals surface area (Å²) in [5.41, 5.74) is 2.41. The van der Waals surface area contributed by atoms with Gasteiger partial charge in [0.15, 0.2) is 0 Å². The number of rotatable bonds is 12. The van der Waals surface area contributed by atoms with Gasteiger partial charge < -0.3 is 9.47 Å². The normalized spacial score (nSPS) is 18.8. The van der Waals surface area contributed by atoms with E-state index in [1.165, 1.54) is 16.4 Å². The van der Waals surface area contributed by atoms with E-state index in [1.807, 2.05) is 6.92 Å². The number of hydrogen-bond acceptors (Lipinski definition) is 7. The molecule has 1 saturated carbocycles. The fourth-order valence-corrected chi connectivity index (χ4v) is 6.19. The van der Waals surface area contributed by atoms with Gasteiger partial charge in [-0.3, -0.25) is 15.0 Å². The number of amides is 1. The monoisotopic (exact) mass is 555 g/mol. The molecule has 1 aliphatic carbocycles. The van der Waals surface area contributed by atoms with Crippen LogP contribution in [0.2, 0.25) is 0 Å². The number of nitrogens with zero attached hydrogens (tertiary/aromatic N) is 2. The maximum absolute atomic E-state index is 13.9. The molecule has 0 aliphatic heterocycles. The Kier molecular flexibility index (Phi) is 12.3. The van der Waals surface area contributed by atoms with Gasteiger partial charge in [-0.05, 0) is 86.4 Å². The van der Waals surface area contributed by atoms with E-state index in [-0.39, 0.29) is 35.9 Å². The zero-order chi connectivity index (χ0) is 26.1. The molecule has 11 heteroatoms. The SMILES string of the molecule is CCOc1ccc(S(=O)(=O)N(Cc2ccncc2)[C@@H](C(=O)NO)[C@H]2CC[C@H](OCC(C)C)CC2)cc1.Cl. The number of ether oxygens (including phenoxy) is 2. The Hall–Kier alpha value is -2.24. The van der Waals surface area contributed by atoms with Gasteiger partial charge in [-0.25, -0.2) is 13.9 Å². The molecule has 3 rings (SSSR count). The lowest BCUT2D eigenvalue weighted by molar-refractivity contribution is -0.136. The number of hydrogen-bond donors (Lipinski definition) is 2. The second-order valence-corrected chi connectivity index (χ2v) is 11.4. The molecule has 1 aromatic heterocycles. The highest BCUT2D eigenvalue weighted by Gasteiger charge is 2.42. The summed E-state index contributed by atoms with van der Waals surface area (Å²) in [7, 11) is -4.12. The maximum Gasteiger partial charge on any atom is 0.262 e. The van der Waals surface area contributed by atoms with E-state index in [4.69, 9.17) is 9.47 Å². The van der Waals surface area contributed by atoms with Gasteiger partial charge in [0.1, 0.15) is 11.8 Å². The summed E-state index contributed by atoms with van der Waals surface area (Å²) in [6.07, 6.45) is 5.89. The lowest BCUT2D eigenvalue weighted by Gasteiger charge is -2.38. The highest BCUT2D eigenvalue weighted by molar-refractivity contribution is 7.89. The number of benzene rings is 1. The minimum Gasteiger partial charge on any atom is -0.494 e. The third kappa shape index (κ3) is 8.38. The van der Waals surface area contributed by atoms with Crippen molar-refractivity contribution < 1.29 is 27.9 Å². The third-order valence-corrected chi connectivity index (χ3v) is 8.19. The van der Waals surface area contributed by atoms with Crippen LogP contribution in [0, 0.1) is 11.8 Å². The van der Waals surface area contributed by atoms with E-state index in [1.54, 1.807) is 42.1 Å². The zero-order valence-corrected chi connectivity index (χ0v) is 23.2. The Balaban J connectivity index is 0.00000481.